The van der Waals surface area contributed by atoms with E-state index in [-0.39, 0.29) is 6.42 Å². The highest BCUT2D eigenvalue weighted by atomic mass is 35.5. The molecule has 0 unspecified atom stereocenters. The molecule has 102 valence electrons. The molecule has 0 fully saturated rings. The number of nitrogens with two attached hydrogens (primary N) is 1. The molecule has 1 aromatic carbocycles. The van der Waals surface area contributed by atoms with E-state index < -0.39 is 30.9 Å². The predicted octanol–water partition coefficient (Wildman–Crippen LogP) is 0.281. The van der Waals surface area contributed by atoms with E-state index in [0.29, 0.717) is 10.6 Å². The molecule has 3 N–H and O–H groups in total. The number of aliphatic carboxylic acids is 1. The highest BCUT2D eigenvalue weighted by Gasteiger charge is 2.19. The zero-order valence-corrected chi connectivity index (χ0v) is 10.8. The molecule has 0 atom stereocenters. The number of rotatable bonds is 6. The van der Waals surface area contributed by atoms with Gasteiger partial charge in [-0.25, -0.2) is 0 Å². The van der Waals surface area contributed by atoms with E-state index in [2.05, 4.69) is 0 Å². The van der Waals surface area contributed by atoms with Crippen molar-refractivity contribution in [3.05, 3.63) is 34.9 Å². The van der Waals surface area contributed by atoms with Crippen molar-refractivity contribution in [1.29, 1.82) is 0 Å². The van der Waals surface area contributed by atoms with Crippen molar-refractivity contribution in [1.82, 2.24) is 4.90 Å². The molecule has 0 aliphatic carbocycles. The van der Waals surface area contributed by atoms with E-state index in [0.717, 1.165) is 4.90 Å². The van der Waals surface area contributed by atoms with Crippen LogP contribution in [0.2, 0.25) is 5.02 Å². The Labute approximate surface area is 114 Å². The van der Waals surface area contributed by atoms with Crippen molar-refractivity contribution >= 4 is 29.4 Å². The average molecular weight is 285 g/mol. The van der Waals surface area contributed by atoms with Crippen molar-refractivity contribution < 1.29 is 19.5 Å². The molecule has 1 rings (SSSR count). The van der Waals surface area contributed by atoms with Gasteiger partial charge >= 0.3 is 5.97 Å². The zero-order chi connectivity index (χ0) is 14.4. The number of amides is 2. The Morgan fingerprint density at radius 1 is 1.21 bits per heavy atom. The van der Waals surface area contributed by atoms with Crippen LogP contribution in [-0.2, 0) is 20.8 Å². The topological polar surface area (TPSA) is 101 Å². The third-order valence-corrected chi connectivity index (χ3v) is 2.69. The Hall–Kier alpha value is -2.08. The first-order valence-electron chi connectivity index (χ1n) is 5.41. The van der Waals surface area contributed by atoms with Gasteiger partial charge in [0.1, 0.15) is 6.54 Å². The molecular formula is C12H13ClN2O4. The largest absolute Gasteiger partial charge is 0.480 e. The second-order valence-corrected chi connectivity index (χ2v) is 4.29. The van der Waals surface area contributed by atoms with Crippen molar-refractivity contribution in [2.75, 3.05) is 13.1 Å². The van der Waals surface area contributed by atoms with Gasteiger partial charge in [0.25, 0.3) is 0 Å². The lowest BCUT2D eigenvalue weighted by atomic mass is 10.1. The van der Waals surface area contributed by atoms with Crippen LogP contribution in [0.25, 0.3) is 0 Å². The van der Waals surface area contributed by atoms with Crippen LogP contribution in [0.4, 0.5) is 0 Å². The monoisotopic (exact) mass is 284 g/mol. The SMILES string of the molecule is NC(=O)CN(CC(=O)O)C(=O)Cc1ccccc1Cl. The molecule has 0 saturated heterocycles. The van der Waals surface area contributed by atoms with Crippen LogP contribution in [0.15, 0.2) is 24.3 Å². The summed E-state index contributed by atoms with van der Waals surface area (Å²) in [5, 5.41) is 9.10. The Bertz CT molecular complexity index is 488. The van der Waals surface area contributed by atoms with Gasteiger partial charge < -0.3 is 15.7 Å². The summed E-state index contributed by atoms with van der Waals surface area (Å²) in [7, 11) is 0. The van der Waals surface area contributed by atoms with Crippen molar-refractivity contribution in [2.24, 2.45) is 5.73 Å². The molecule has 0 aliphatic heterocycles. The van der Waals surface area contributed by atoms with Gasteiger partial charge in [-0.15, -0.1) is 0 Å². The summed E-state index contributed by atoms with van der Waals surface area (Å²) in [5.74, 6) is -2.50. The number of carbonyl (C=O) groups excluding carboxylic acids is 2. The second-order valence-electron chi connectivity index (χ2n) is 3.88. The van der Waals surface area contributed by atoms with Crippen molar-refractivity contribution in [3.63, 3.8) is 0 Å². The molecule has 0 aromatic heterocycles. The molecule has 0 aliphatic rings. The van der Waals surface area contributed by atoms with Crippen LogP contribution in [0, 0.1) is 0 Å². The molecule has 0 bridgehead atoms. The third kappa shape index (κ3) is 4.97. The second kappa shape index (κ2) is 6.75. The molecule has 0 heterocycles. The number of hydrogen-bond acceptors (Lipinski definition) is 3. The fourth-order valence-corrected chi connectivity index (χ4v) is 1.70. The van der Waals surface area contributed by atoms with E-state index in [1.54, 1.807) is 24.3 Å². The van der Waals surface area contributed by atoms with E-state index in [4.69, 9.17) is 22.4 Å². The van der Waals surface area contributed by atoms with E-state index in [1.807, 2.05) is 0 Å². The van der Waals surface area contributed by atoms with Gasteiger partial charge in [-0.1, -0.05) is 29.8 Å². The van der Waals surface area contributed by atoms with E-state index >= 15 is 0 Å². The standard InChI is InChI=1S/C12H13ClN2O4/c13-9-4-2-1-3-8(9)5-11(17)15(6-10(14)16)7-12(18)19/h1-4H,5-7H2,(H2,14,16)(H,18,19). The summed E-state index contributed by atoms with van der Waals surface area (Å²) in [5.41, 5.74) is 5.54. The fraction of sp³-hybridized carbons (Fsp3) is 0.250. The van der Waals surface area contributed by atoms with Crippen molar-refractivity contribution in [3.8, 4) is 0 Å². The number of primary amides is 1. The van der Waals surface area contributed by atoms with Gasteiger partial charge in [-0.3, -0.25) is 14.4 Å². The first-order chi connectivity index (χ1) is 8.90. The van der Waals surface area contributed by atoms with Gasteiger partial charge in [-0.2, -0.15) is 0 Å². The first kappa shape index (κ1) is 15.0. The lowest BCUT2D eigenvalue weighted by molar-refractivity contribution is -0.145. The Kier molecular flexibility index (Phi) is 5.32. The lowest BCUT2D eigenvalue weighted by Gasteiger charge is -2.19. The minimum atomic E-state index is -1.21. The quantitative estimate of drug-likeness (QED) is 0.783. The first-order valence-corrected chi connectivity index (χ1v) is 5.79. The molecule has 0 radical (unpaired) electrons. The van der Waals surface area contributed by atoms with Crippen LogP contribution in [0.1, 0.15) is 5.56 Å². The Morgan fingerprint density at radius 2 is 1.84 bits per heavy atom. The summed E-state index contributed by atoms with van der Waals surface area (Å²) in [6.45, 7) is -1.01. The highest BCUT2D eigenvalue weighted by molar-refractivity contribution is 6.31. The molecule has 19 heavy (non-hydrogen) atoms. The summed E-state index contributed by atoms with van der Waals surface area (Å²) in [6.07, 6.45) is -0.0831. The highest BCUT2D eigenvalue weighted by Crippen LogP contribution is 2.16. The van der Waals surface area contributed by atoms with E-state index in [1.165, 1.54) is 0 Å². The molecule has 6 nitrogen and oxygen atoms in total. The van der Waals surface area contributed by atoms with Crippen molar-refractivity contribution in [2.45, 2.75) is 6.42 Å². The number of halogens is 1. The minimum absolute atomic E-state index is 0.0831. The Balaban J connectivity index is 2.79. The number of hydrogen-bond donors (Lipinski definition) is 2. The molecule has 2 amide bonds. The molecular weight excluding hydrogens is 272 g/mol. The van der Waals surface area contributed by atoms with E-state index in [9.17, 15) is 14.4 Å². The maximum absolute atomic E-state index is 11.9. The van der Waals surface area contributed by atoms with Crippen LogP contribution in [0.3, 0.4) is 0 Å². The van der Waals surface area contributed by atoms with Gasteiger partial charge in [0.2, 0.25) is 11.8 Å². The van der Waals surface area contributed by atoms with Gasteiger partial charge in [-0.05, 0) is 11.6 Å². The number of carbonyl (C=O) groups is 3. The van der Waals surface area contributed by atoms with Crippen LogP contribution in [-0.4, -0.2) is 40.9 Å². The number of carboxylic acids is 1. The summed E-state index contributed by atoms with van der Waals surface area (Å²) in [6, 6.07) is 6.71. The fourth-order valence-electron chi connectivity index (χ4n) is 1.50. The minimum Gasteiger partial charge on any atom is -0.480 e. The molecule has 1 aromatic rings. The molecule has 0 spiro atoms. The predicted molar refractivity (Wildman–Crippen MR) is 68.6 cm³/mol. The maximum atomic E-state index is 11.9. The zero-order valence-electron chi connectivity index (χ0n) is 10.0. The average Bonchev–Trinajstić information content (AvgIpc) is 2.30. The third-order valence-electron chi connectivity index (χ3n) is 2.33. The maximum Gasteiger partial charge on any atom is 0.323 e. The lowest BCUT2D eigenvalue weighted by Crippen LogP contribution is -2.42. The van der Waals surface area contributed by atoms with Crippen LogP contribution in [0.5, 0.6) is 0 Å². The number of carboxylic acid groups (broad SMARTS) is 1. The normalized spacial score (nSPS) is 9.95. The molecule has 0 saturated carbocycles. The van der Waals surface area contributed by atoms with Crippen LogP contribution < -0.4 is 5.73 Å². The van der Waals surface area contributed by atoms with Gasteiger partial charge in [0, 0.05) is 5.02 Å². The summed E-state index contributed by atoms with van der Waals surface area (Å²) in [4.78, 5) is 34.3. The van der Waals surface area contributed by atoms with Gasteiger partial charge in [0.05, 0.1) is 13.0 Å². The Morgan fingerprint density at radius 3 is 2.37 bits per heavy atom. The van der Waals surface area contributed by atoms with Gasteiger partial charge in [0.15, 0.2) is 0 Å². The summed E-state index contributed by atoms with van der Waals surface area (Å²) < 4.78 is 0. The number of nitrogens with zero attached hydrogens (tertiary/aromatic N) is 1. The smallest absolute Gasteiger partial charge is 0.323 e. The summed E-state index contributed by atoms with van der Waals surface area (Å²) >= 11 is 5.91. The number of benzene rings is 1. The molecule has 7 heteroatoms. The van der Waals surface area contributed by atoms with Crippen LogP contribution >= 0.6 is 11.6 Å².